The molecule has 158 valence electrons. The first kappa shape index (κ1) is 21.8. The zero-order valence-corrected chi connectivity index (χ0v) is 16.5. The van der Waals surface area contributed by atoms with Crippen molar-refractivity contribution in [2.45, 2.75) is 6.42 Å². The van der Waals surface area contributed by atoms with E-state index in [4.69, 9.17) is 4.74 Å². The third kappa shape index (κ3) is 5.15. The summed E-state index contributed by atoms with van der Waals surface area (Å²) in [5, 5.41) is 0. The second-order valence-corrected chi connectivity index (χ2v) is 7.14. The lowest BCUT2D eigenvalue weighted by molar-refractivity contribution is 0.439. The quantitative estimate of drug-likeness (QED) is 0.576. The number of nitrogens with zero attached hydrogens (tertiary/aromatic N) is 1. The SMILES string of the molecule is Cn1cc(-c2cc(CCNS(=O)[O-])ccc2Oc2ccc(F)cc2F)cc(F)c1=O. The monoisotopic (exact) mass is 437 g/mol. The number of pyridine rings is 1. The van der Waals surface area contributed by atoms with E-state index in [2.05, 4.69) is 4.72 Å². The van der Waals surface area contributed by atoms with E-state index in [0.29, 0.717) is 23.6 Å². The number of nitrogens with one attached hydrogen (secondary N) is 1. The molecule has 0 bridgehead atoms. The zero-order valence-electron chi connectivity index (χ0n) is 15.7. The molecule has 10 heteroatoms. The zero-order chi connectivity index (χ0) is 21.8. The minimum Gasteiger partial charge on any atom is -0.760 e. The van der Waals surface area contributed by atoms with Gasteiger partial charge in [-0.3, -0.25) is 9.00 Å². The number of ether oxygens (including phenoxy) is 1. The van der Waals surface area contributed by atoms with Gasteiger partial charge in [0.05, 0.1) is 0 Å². The summed E-state index contributed by atoms with van der Waals surface area (Å²) in [4.78, 5) is 11.7. The average Bonchev–Trinajstić information content (AvgIpc) is 2.68. The molecule has 1 aromatic heterocycles. The molecule has 30 heavy (non-hydrogen) atoms. The summed E-state index contributed by atoms with van der Waals surface area (Å²) in [6.07, 6.45) is 1.71. The molecular formula is C20H16F3N2O4S-. The van der Waals surface area contributed by atoms with Crippen LogP contribution in [0.2, 0.25) is 0 Å². The van der Waals surface area contributed by atoms with E-state index in [-0.39, 0.29) is 23.6 Å². The summed E-state index contributed by atoms with van der Waals surface area (Å²) in [6, 6.07) is 8.61. The smallest absolute Gasteiger partial charge is 0.286 e. The van der Waals surface area contributed by atoms with Crippen LogP contribution in [-0.4, -0.2) is 19.9 Å². The largest absolute Gasteiger partial charge is 0.760 e. The number of aromatic nitrogens is 1. The van der Waals surface area contributed by atoms with E-state index in [1.54, 1.807) is 12.1 Å². The molecule has 3 aromatic rings. The van der Waals surface area contributed by atoms with Crippen molar-refractivity contribution in [3.63, 3.8) is 0 Å². The molecule has 0 spiro atoms. The summed E-state index contributed by atoms with van der Waals surface area (Å²) >= 11 is -2.41. The molecule has 0 amide bonds. The third-order valence-electron chi connectivity index (χ3n) is 4.24. The summed E-state index contributed by atoms with van der Waals surface area (Å²) in [6.45, 7) is 0.129. The van der Waals surface area contributed by atoms with Crippen LogP contribution in [0, 0.1) is 17.5 Å². The fourth-order valence-electron chi connectivity index (χ4n) is 2.82. The normalized spacial score (nSPS) is 12.0. The Hall–Kier alpha value is -2.95. The molecule has 6 nitrogen and oxygen atoms in total. The third-order valence-corrected chi connectivity index (χ3v) is 4.68. The van der Waals surface area contributed by atoms with Crippen LogP contribution in [0.3, 0.4) is 0 Å². The van der Waals surface area contributed by atoms with Crippen molar-refractivity contribution >= 4 is 11.3 Å². The summed E-state index contributed by atoms with van der Waals surface area (Å²) < 4.78 is 71.4. The lowest BCUT2D eigenvalue weighted by Gasteiger charge is -2.15. The Balaban J connectivity index is 2.04. The van der Waals surface area contributed by atoms with Crippen molar-refractivity contribution in [1.82, 2.24) is 9.29 Å². The minimum absolute atomic E-state index is 0.129. The Labute approximate surface area is 172 Å². The fourth-order valence-corrected chi connectivity index (χ4v) is 3.09. The van der Waals surface area contributed by atoms with E-state index >= 15 is 0 Å². The second-order valence-electron chi connectivity index (χ2n) is 6.38. The van der Waals surface area contributed by atoms with Crippen molar-refractivity contribution in [3.05, 3.63) is 82.0 Å². The number of hydrogen-bond donors (Lipinski definition) is 1. The van der Waals surface area contributed by atoms with Crippen molar-refractivity contribution in [3.8, 4) is 22.6 Å². The highest BCUT2D eigenvalue weighted by atomic mass is 32.2. The molecule has 0 aliphatic carbocycles. The summed E-state index contributed by atoms with van der Waals surface area (Å²) in [5.41, 5.74) is 0.497. The number of halogens is 3. The van der Waals surface area contributed by atoms with Crippen molar-refractivity contribution in [1.29, 1.82) is 0 Å². The molecule has 2 aromatic carbocycles. The second kappa shape index (κ2) is 9.24. The van der Waals surface area contributed by atoms with Crippen molar-refractivity contribution < 1.29 is 26.7 Å². The van der Waals surface area contributed by atoms with Crippen LogP contribution in [0.1, 0.15) is 5.56 Å². The molecular weight excluding hydrogens is 421 g/mol. The van der Waals surface area contributed by atoms with E-state index < -0.39 is 34.3 Å². The number of benzene rings is 2. The number of rotatable bonds is 7. The molecule has 0 saturated carbocycles. The first-order chi connectivity index (χ1) is 14.2. The molecule has 0 radical (unpaired) electrons. The van der Waals surface area contributed by atoms with Crippen LogP contribution >= 0.6 is 0 Å². The van der Waals surface area contributed by atoms with Gasteiger partial charge in [-0.1, -0.05) is 6.07 Å². The van der Waals surface area contributed by atoms with E-state index in [1.165, 1.54) is 19.3 Å². The first-order valence-electron chi connectivity index (χ1n) is 8.69. The molecule has 0 aliphatic rings. The Morgan fingerprint density at radius 1 is 1.07 bits per heavy atom. The molecule has 1 N–H and O–H groups in total. The molecule has 1 heterocycles. The molecule has 0 fully saturated rings. The van der Waals surface area contributed by atoms with E-state index in [0.717, 1.165) is 22.8 Å². The number of hydrogen-bond acceptors (Lipinski definition) is 4. The Morgan fingerprint density at radius 2 is 1.80 bits per heavy atom. The molecule has 1 unspecified atom stereocenters. The Kier molecular flexibility index (Phi) is 6.70. The van der Waals surface area contributed by atoms with Crippen LogP contribution in [0.5, 0.6) is 11.5 Å². The van der Waals surface area contributed by atoms with Gasteiger partial charge in [0.1, 0.15) is 11.6 Å². The highest BCUT2D eigenvalue weighted by Gasteiger charge is 2.14. The molecule has 1 atom stereocenters. The predicted octanol–water partition coefficient (Wildman–Crippen LogP) is 3.19. The topological polar surface area (TPSA) is 83.4 Å². The number of aryl methyl sites for hydroxylation is 1. The van der Waals surface area contributed by atoms with E-state index in [1.807, 2.05) is 0 Å². The van der Waals surface area contributed by atoms with E-state index in [9.17, 15) is 26.7 Å². The van der Waals surface area contributed by atoms with Gasteiger partial charge in [0.15, 0.2) is 17.4 Å². The van der Waals surface area contributed by atoms with Gasteiger partial charge in [-0.25, -0.2) is 17.9 Å². The van der Waals surface area contributed by atoms with Crippen molar-refractivity contribution in [2.75, 3.05) is 6.54 Å². The maximum Gasteiger partial charge on any atom is 0.286 e. The summed E-state index contributed by atoms with van der Waals surface area (Å²) in [7, 11) is 1.38. The maximum atomic E-state index is 14.0. The van der Waals surface area contributed by atoms with Gasteiger partial charge in [-0.15, -0.1) is 0 Å². The molecule has 0 saturated heterocycles. The minimum atomic E-state index is -2.41. The van der Waals surface area contributed by atoms with Gasteiger partial charge in [0.25, 0.3) is 5.56 Å². The highest BCUT2D eigenvalue weighted by molar-refractivity contribution is 7.77. The van der Waals surface area contributed by atoms with Gasteiger partial charge in [0.2, 0.25) is 0 Å². The first-order valence-corrected chi connectivity index (χ1v) is 9.77. The lowest BCUT2D eigenvalue weighted by Crippen LogP contribution is -2.19. The maximum absolute atomic E-state index is 14.0. The van der Waals surface area contributed by atoms with Crippen LogP contribution in [0.25, 0.3) is 11.1 Å². The lowest BCUT2D eigenvalue weighted by atomic mass is 10.0. The molecule has 3 rings (SSSR count). The van der Waals surface area contributed by atoms with Gasteiger partial charge in [-0.05, 0) is 42.3 Å². The van der Waals surface area contributed by atoms with Crippen LogP contribution in [0.4, 0.5) is 13.2 Å². The van der Waals surface area contributed by atoms with Gasteiger partial charge < -0.3 is 13.9 Å². The Bertz CT molecular complexity index is 1140. The van der Waals surface area contributed by atoms with Gasteiger partial charge in [0, 0.05) is 48.2 Å². The fraction of sp³-hybridized carbons (Fsp3) is 0.150. The average molecular weight is 437 g/mol. The van der Waals surface area contributed by atoms with Crippen LogP contribution in [0.15, 0.2) is 53.5 Å². The van der Waals surface area contributed by atoms with Crippen molar-refractivity contribution in [2.24, 2.45) is 7.05 Å². The highest BCUT2D eigenvalue weighted by Crippen LogP contribution is 2.35. The predicted molar refractivity (Wildman–Crippen MR) is 104 cm³/mol. The van der Waals surface area contributed by atoms with Crippen LogP contribution < -0.4 is 15.0 Å². The standard InChI is InChI=1S/C20H17F3N2O4S/c1-25-11-13(9-17(23)20(25)26)15-8-12(6-7-24-30(27)28)2-4-18(15)29-19-5-3-14(21)10-16(19)22/h2-5,8-11,24H,6-7H2,1H3,(H,27,28)/p-1. The van der Waals surface area contributed by atoms with Gasteiger partial charge in [-0.2, -0.15) is 0 Å². The summed E-state index contributed by atoms with van der Waals surface area (Å²) in [5.74, 6) is -2.76. The van der Waals surface area contributed by atoms with Gasteiger partial charge >= 0.3 is 0 Å². The van der Waals surface area contributed by atoms with Crippen LogP contribution in [-0.2, 0) is 24.7 Å². The Morgan fingerprint density at radius 3 is 2.47 bits per heavy atom. The molecule has 0 aliphatic heterocycles.